The van der Waals surface area contributed by atoms with Crippen LogP contribution in [-0.2, 0) is 4.74 Å². The number of quaternary nitrogens is 1. The Balaban J connectivity index is 0.00000400. The van der Waals surface area contributed by atoms with Crippen LogP contribution in [0.25, 0.3) is 0 Å². The molecule has 1 fully saturated rings. The van der Waals surface area contributed by atoms with Gasteiger partial charge < -0.3 is 22.0 Å². The highest BCUT2D eigenvalue weighted by Gasteiger charge is 2.38. The molecule has 0 aromatic carbocycles. The quantitative estimate of drug-likeness (QED) is 0.336. The zero-order valence-electron chi connectivity index (χ0n) is 15.5. The number of hydrogen-bond donors (Lipinski definition) is 1. The Labute approximate surface area is 133 Å². The van der Waals surface area contributed by atoms with Gasteiger partial charge in [-0.15, -0.1) is 0 Å². The molecule has 1 aliphatic rings. The molecule has 1 rings (SSSR count). The van der Waals surface area contributed by atoms with Gasteiger partial charge >= 0.3 is 0 Å². The lowest BCUT2D eigenvalue weighted by molar-refractivity contribution is -0.884. The van der Waals surface area contributed by atoms with Gasteiger partial charge in [0.15, 0.2) is 0 Å². The minimum absolute atomic E-state index is 0. The normalized spacial score (nSPS) is 21.6. The number of nitrogens with zero attached hydrogens (tertiary/aromatic N) is 1. The molecule has 1 aliphatic heterocycles. The fourth-order valence-corrected chi connectivity index (χ4v) is 3.53. The van der Waals surface area contributed by atoms with Crippen LogP contribution in [0, 0.1) is 7.43 Å². The standard InChI is InChI=1S/C17H35N2O.CH3/c1-8-10-19(6,7)11-9-12-20-15-13-16(2,3)18-17(4,5)14-15;/h8,15,18H,1,9-14H2,2-7H3;1H3/q+1;-1. The van der Waals surface area contributed by atoms with Gasteiger partial charge in [-0.2, -0.15) is 0 Å². The smallest absolute Gasteiger partial charge is 0.0966 e. The lowest BCUT2D eigenvalue weighted by Crippen LogP contribution is -2.59. The van der Waals surface area contributed by atoms with E-state index in [2.05, 4.69) is 53.7 Å². The zero-order chi connectivity index (χ0) is 15.4. The van der Waals surface area contributed by atoms with E-state index in [0.717, 1.165) is 43.4 Å². The average molecular weight is 299 g/mol. The van der Waals surface area contributed by atoms with Crippen molar-refractivity contribution in [3.63, 3.8) is 0 Å². The first-order chi connectivity index (χ1) is 9.05. The zero-order valence-corrected chi connectivity index (χ0v) is 15.5. The first-order valence-electron chi connectivity index (χ1n) is 7.89. The van der Waals surface area contributed by atoms with Crippen LogP contribution in [-0.4, -0.2) is 55.5 Å². The Morgan fingerprint density at radius 2 is 1.71 bits per heavy atom. The van der Waals surface area contributed by atoms with Crippen molar-refractivity contribution in [2.75, 3.05) is 33.8 Å². The third kappa shape index (κ3) is 7.98. The Morgan fingerprint density at radius 3 is 2.19 bits per heavy atom. The molecule has 0 aromatic heterocycles. The number of ether oxygens (including phenoxy) is 1. The fraction of sp³-hybridized carbons (Fsp3) is 0.833. The van der Waals surface area contributed by atoms with E-state index in [4.69, 9.17) is 4.74 Å². The number of likely N-dealkylation sites (N-methyl/N-ethyl adjacent to an activating group) is 1. The molecule has 126 valence electrons. The molecular formula is C18H38N2O. The van der Waals surface area contributed by atoms with Gasteiger partial charge in [0.1, 0.15) is 0 Å². The molecule has 1 saturated heterocycles. The highest BCUT2D eigenvalue weighted by atomic mass is 16.5. The van der Waals surface area contributed by atoms with Crippen LogP contribution < -0.4 is 5.32 Å². The summed E-state index contributed by atoms with van der Waals surface area (Å²) in [5.41, 5.74) is 0.342. The van der Waals surface area contributed by atoms with Gasteiger partial charge in [0, 0.05) is 17.5 Å². The van der Waals surface area contributed by atoms with Crippen molar-refractivity contribution in [3.05, 3.63) is 20.1 Å². The van der Waals surface area contributed by atoms with Crippen molar-refractivity contribution < 1.29 is 9.22 Å². The predicted octanol–water partition coefficient (Wildman–Crippen LogP) is 3.41. The molecule has 0 radical (unpaired) electrons. The summed E-state index contributed by atoms with van der Waals surface area (Å²) in [5.74, 6) is 0. The maximum Gasteiger partial charge on any atom is 0.0966 e. The predicted molar refractivity (Wildman–Crippen MR) is 93.3 cm³/mol. The van der Waals surface area contributed by atoms with Crippen molar-refractivity contribution in [2.45, 2.75) is 64.1 Å². The number of rotatable bonds is 7. The van der Waals surface area contributed by atoms with Gasteiger partial charge in [-0.1, -0.05) is 6.58 Å². The second kappa shape index (κ2) is 7.75. The molecule has 1 heterocycles. The number of hydrogen-bond acceptors (Lipinski definition) is 2. The van der Waals surface area contributed by atoms with Crippen molar-refractivity contribution in [2.24, 2.45) is 0 Å². The highest BCUT2D eigenvalue weighted by molar-refractivity contribution is 4.97. The van der Waals surface area contributed by atoms with Crippen molar-refractivity contribution >= 4 is 0 Å². The Hall–Kier alpha value is -0.380. The summed E-state index contributed by atoms with van der Waals surface area (Å²) in [7, 11) is 4.50. The Bertz CT molecular complexity index is 305. The van der Waals surface area contributed by atoms with Crippen LogP contribution >= 0.6 is 0 Å². The molecule has 0 saturated carbocycles. The Kier molecular flexibility index (Phi) is 7.61. The minimum Gasteiger partial charge on any atom is -0.378 e. The minimum atomic E-state index is 0. The molecule has 0 bridgehead atoms. The Morgan fingerprint density at radius 1 is 1.19 bits per heavy atom. The fourth-order valence-electron chi connectivity index (χ4n) is 3.53. The van der Waals surface area contributed by atoms with Crippen molar-refractivity contribution in [1.29, 1.82) is 0 Å². The average Bonchev–Trinajstić information content (AvgIpc) is 2.20. The molecule has 3 nitrogen and oxygen atoms in total. The summed E-state index contributed by atoms with van der Waals surface area (Å²) >= 11 is 0. The van der Waals surface area contributed by atoms with Crippen LogP contribution in [0.3, 0.4) is 0 Å². The van der Waals surface area contributed by atoms with E-state index in [-0.39, 0.29) is 18.5 Å². The van der Waals surface area contributed by atoms with Crippen molar-refractivity contribution in [3.8, 4) is 0 Å². The van der Waals surface area contributed by atoms with E-state index in [1.807, 2.05) is 6.08 Å². The van der Waals surface area contributed by atoms with E-state index >= 15 is 0 Å². The SMILES string of the molecule is C=CC[N+](C)(C)CCCOC1CC(C)(C)NC(C)(C)C1.[CH3-]. The first kappa shape index (κ1) is 20.6. The van der Waals surface area contributed by atoms with Crippen molar-refractivity contribution in [1.82, 2.24) is 5.32 Å². The third-order valence-electron chi connectivity index (χ3n) is 4.04. The summed E-state index contributed by atoms with van der Waals surface area (Å²) in [4.78, 5) is 0. The summed E-state index contributed by atoms with van der Waals surface area (Å²) in [6.07, 6.45) is 5.70. The molecule has 21 heavy (non-hydrogen) atoms. The van der Waals surface area contributed by atoms with Crippen LogP contribution in [0.1, 0.15) is 47.0 Å². The summed E-state index contributed by atoms with van der Waals surface area (Å²) in [5, 5.41) is 3.70. The lowest BCUT2D eigenvalue weighted by atomic mass is 9.81. The molecule has 0 unspecified atom stereocenters. The van der Waals surface area contributed by atoms with E-state index in [9.17, 15) is 0 Å². The molecule has 0 spiro atoms. The van der Waals surface area contributed by atoms with Gasteiger partial charge in [0.2, 0.25) is 0 Å². The highest BCUT2D eigenvalue weighted by Crippen LogP contribution is 2.30. The van der Waals surface area contributed by atoms with E-state index in [1.165, 1.54) is 0 Å². The largest absolute Gasteiger partial charge is 0.378 e. The van der Waals surface area contributed by atoms with Gasteiger partial charge in [-0.25, -0.2) is 0 Å². The second-order valence-corrected chi connectivity index (χ2v) is 8.28. The molecule has 0 atom stereocenters. The van der Waals surface area contributed by atoms with Crippen LogP contribution in [0.4, 0.5) is 0 Å². The van der Waals surface area contributed by atoms with E-state index in [0.29, 0.717) is 6.10 Å². The van der Waals surface area contributed by atoms with Gasteiger partial charge in [0.25, 0.3) is 0 Å². The first-order valence-corrected chi connectivity index (χ1v) is 7.89. The summed E-state index contributed by atoms with van der Waals surface area (Å²) in [6, 6.07) is 0. The number of piperidine rings is 1. The molecule has 0 aliphatic carbocycles. The van der Waals surface area contributed by atoms with E-state index < -0.39 is 0 Å². The van der Waals surface area contributed by atoms with Crippen LogP contribution in [0.15, 0.2) is 12.7 Å². The summed E-state index contributed by atoms with van der Waals surface area (Å²) in [6.45, 7) is 15.9. The topological polar surface area (TPSA) is 21.3 Å². The molecule has 3 heteroatoms. The molecule has 1 N–H and O–H groups in total. The maximum absolute atomic E-state index is 6.15. The molecular weight excluding hydrogens is 260 g/mol. The third-order valence-corrected chi connectivity index (χ3v) is 4.04. The molecule has 0 amide bonds. The lowest BCUT2D eigenvalue weighted by Gasteiger charge is -2.46. The molecule has 0 aromatic rings. The maximum atomic E-state index is 6.15. The van der Waals surface area contributed by atoms with Gasteiger partial charge in [0.05, 0.1) is 39.9 Å². The summed E-state index contributed by atoms with van der Waals surface area (Å²) < 4.78 is 7.15. The van der Waals surface area contributed by atoms with Crippen LogP contribution in [0.2, 0.25) is 0 Å². The van der Waals surface area contributed by atoms with Crippen LogP contribution in [0.5, 0.6) is 0 Å². The number of nitrogens with one attached hydrogen (secondary N) is 1. The second-order valence-electron chi connectivity index (χ2n) is 8.28. The van der Waals surface area contributed by atoms with Gasteiger partial charge in [-0.05, 0) is 46.6 Å². The monoisotopic (exact) mass is 298 g/mol. The van der Waals surface area contributed by atoms with Gasteiger partial charge in [-0.3, -0.25) is 0 Å². The van der Waals surface area contributed by atoms with E-state index in [1.54, 1.807) is 0 Å².